The van der Waals surface area contributed by atoms with Crippen LogP contribution in [0.5, 0.6) is 6.01 Å². The Labute approximate surface area is 118 Å². The number of hydrogen-bond acceptors (Lipinski definition) is 5. The molecule has 1 saturated carbocycles. The Morgan fingerprint density at radius 1 is 1.11 bits per heavy atom. The first-order valence-corrected chi connectivity index (χ1v) is 7.34. The number of ether oxygens (including phenoxy) is 1. The van der Waals surface area contributed by atoms with Crippen LogP contribution in [0.15, 0.2) is 0 Å². The van der Waals surface area contributed by atoms with Crippen molar-refractivity contribution in [3.8, 4) is 6.01 Å². The molecule has 1 aliphatic heterocycles. The van der Waals surface area contributed by atoms with Crippen LogP contribution in [0, 0.1) is 11.8 Å². The van der Waals surface area contributed by atoms with Crippen molar-refractivity contribution in [1.82, 2.24) is 15.0 Å². The number of methoxy groups -OCH3 is 1. The van der Waals surface area contributed by atoms with E-state index in [0.717, 1.165) is 24.9 Å². The van der Waals surface area contributed by atoms with E-state index in [1.165, 1.54) is 32.1 Å². The standard InChI is InChI=1S/C13H19ClN4O/c1-19-13-16-11(14)15-12(17-13)18-7-6-9-4-2-3-5-10(9)8-18/h9-10H,2-8H2,1H3. The molecule has 0 amide bonds. The highest BCUT2D eigenvalue weighted by Gasteiger charge is 2.32. The maximum atomic E-state index is 5.92. The summed E-state index contributed by atoms with van der Waals surface area (Å²) in [6, 6.07) is 0.292. The number of anilines is 1. The molecule has 1 aromatic heterocycles. The van der Waals surface area contributed by atoms with E-state index in [0.29, 0.717) is 12.0 Å². The van der Waals surface area contributed by atoms with Gasteiger partial charge in [-0.3, -0.25) is 0 Å². The van der Waals surface area contributed by atoms with Crippen molar-refractivity contribution in [2.24, 2.45) is 11.8 Å². The first kappa shape index (κ1) is 12.9. The van der Waals surface area contributed by atoms with E-state index < -0.39 is 0 Å². The predicted octanol–water partition coefficient (Wildman–Crippen LogP) is 2.55. The van der Waals surface area contributed by atoms with Crippen LogP contribution in [0.3, 0.4) is 0 Å². The third-order valence-corrected chi connectivity index (χ3v) is 4.50. The lowest BCUT2D eigenvalue weighted by Crippen LogP contribution is -2.42. The van der Waals surface area contributed by atoms with Crippen molar-refractivity contribution >= 4 is 17.5 Å². The van der Waals surface area contributed by atoms with Gasteiger partial charge in [-0.05, 0) is 36.3 Å². The van der Waals surface area contributed by atoms with Crippen molar-refractivity contribution in [3.63, 3.8) is 0 Å². The largest absolute Gasteiger partial charge is 0.467 e. The fourth-order valence-corrected chi connectivity index (χ4v) is 3.49. The molecule has 6 heteroatoms. The summed E-state index contributed by atoms with van der Waals surface area (Å²) in [4.78, 5) is 14.7. The number of hydrogen-bond donors (Lipinski definition) is 0. The Kier molecular flexibility index (Phi) is 3.73. The molecule has 104 valence electrons. The molecule has 1 aliphatic carbocycles. The van der Waals surface area contributed by atoms with Crippen molar-refractivity contribution < 1.29 is 4.74 Å². The molecule has 5 nitrogen and oxygen atoms in total. The number of piperidine rings is 1. The van der Waals surface area contributed by atoms with Crippen LogP contribution in [0.1, 0.15) is 32.1 Å². The second kappa shape index (κ2) is 5.49. The first-order valence-electron chi connectivity index (χ1n) is 6.97. The third-order valence-electron chi connectivity index (χ3n) is 4.33. The molecule has 1 saturated heterocycles. The smallest absolute Gasteiger partial charge is 0.322 e. The highest BCUT2D eigenvalue weighted by molar-refractivity contribution is 6.28. The van der Waals surface area contributed by atoms with Crippen LogP contribution in [0.2, 0.25) is 5.28 Å². The molecule has 0 bridgehead atoms. The number of halogens is 1. The molecule has 0 radical (unpaired) electrons. The quantitative estimate of drug-likeness (QED) is 0.834. The minimum absolute atomic E-state index is 0.201. The molecule has 0 aromatic carbocycles. The van der Waals surface area contributed by atoms with E-state index in [-0.39, 0.29) is 5.28 Å². The molecule has 2 unspecified atom stereocenters. The monoisotopic (exact) mass is 282 g/mol. The molecule has 3 rings (SSSR count). The Hall–Kier alpha value is -1.10. The maximum Gasteiger partial charge on any atom is 0.322 e. The van der Waals surface area contributed by atoms with E-state index >= 15 is 0 Å². The number of nitrogens with zero attached hydrogens (tertiary/aromatic N) is 4. The van der Waals surface area contributed by atoms with Crippen molar-refractivity contribution in [3.05, 3.63) is 5.28 Å². The van der Waals surface area contributed by atoms with Crippen molar-refractivity contribution in [2.75, 3.05) is 25.1 Å². The van der Waals surface area contributed by atoms with E-state index in [1.54, 1.807) is 7.11 Å². The Bertz CT molecular complexity index is 456. The molecular weight excluding hydrogens is 264 g/mol. The Morgan fingerprint density at radius 3 is 2.68 bits per heavy atom. The van der Waals surface area contributed by atoms with Crippen LogP contribution in [-0.4, -0.2) is 35.2 Å². The number of rotatable bonds is 2. The van der Waals surface area contributed by atoms with Gasteiger partial charge in [-0.1, -0.05) is 19.3 Å². The minimum Gasteiger partial charge on any atom is -0.467 e. The first-order chi connectivity index (χ1) is 9.26. The van der Waals surface area contributed by atoms with Gasteiger partial charge in [-0.2, -0.15) is 15.0 Å². The minimum atomic E-state index is 0.201. The normalized spacial score (nSPS) is 26.9. The zero-order valence-electron chi connectivity index (χ0n) is 11.2. The highest BCUT2D eigenvalue weighted by atomic mass is 35.5. The molecule has 19 heavy (non-hydrogen) atoms. The predicted molar refractivity (Wildman–Crippen MR) is 73.7 cm³/mol. The summed E-state index contributed by atoms with van der Waals surface area (Å²) in [5.41, 5.74) is 0. The lowest BCUT2D eigenvalue weighted by molar-refractivity contribution is 0.201. The summed E-state index contributed by atoms with van der Waals surface area (Å²) in [5, 5.41) is 0.201. The van der Waals surface area contributed by atoms with Gasteiger partial charge >= 0.3 is 6.01 Å². The molecule has 2 atom stereocenters. The lowest BCUT2D eigenvalue weighted by Gasteiger charge is -2.41. The summed E-state index contributed by atoms with van der Waals surface area (Å²) in [5.74, 6) is 2.33. The lowest BCUT2D eigenvalue weighted by atomic mass is 9.75. The van der Waals surface area contributed by atoms with Gasteiger partial charge in [0.25, 0.3) is 0 Å². The Morgan fingerprint density at radius 2 is 1.89 bits per heavy atom. The van der Waals surface area contributed by atoms with Crippen LogP contribution < -0.4 is 9.64 Å². The van der Waals surface area contributed by atoms with Crippen LogP contribution >= 0.6 is 11.6 Å². The van der Waals surface area contributed by atoms with Gasteiger partial charge in [0.1, 0.15) is 0 Å². The van der Waals surface area contributed by atoms with Crippen molar-refractivity contribution in [2.45, 2.75) is 32.1 Å². The van der Waals surface area contributed by atoms with E-state index in [2.05, 4.69) is 19.9 Å². The Balaban J connectivity index is 1.77. The summed E-state index contributed by atoms with van der Waals surface area (Å²) in [7, 11) is 1.54. The SMILES string of the molecule is COc1nc(Cl)nc(N2CCC3CCCCC3C2)n1. The third kappa shape index (κ3) is 2.76. The van der Waals surface area contributed by atoms with Gasteiger partial charge in [0.15, 0.2) is 0 Å². The fraction of sp³-hybridized carbons (Fsp3) is 0.769. The van der Waals surface area contributed by atoms with Crippen LogP contribution in [0.4, 0.5) is 5.95 Å². The summed E-state index contributed by atoms with van der Waals surface area (Å²) < 4.78 is 5.06. The fourth-order valence-electron chi connectivity index (χ4n) is 3.34. The second-order valence-corrected chi connectivity index (χ2v) is 5.77. The molecule has 2 fully saturated rings. The van der Waals surface area contributed by atoms with Gasteiger partial charge in [-0.15, -0.1) is 0 Å². The second-order valence-electron chi connectivity index (χ2n) is 5.43. The average Bonchev–Trinajstić information content (AvgIpc) is 2.46. The van der Waals surface area contributed by atoms with E-state index in [4.69, 9.17) is 16.3 Å². The topological polar surface area (TPSA) is 51.1 Å². The van der Waals surface area contributed by atoms with E-state index in [9.17, 15) is 0 Å². The van der Waals surface area contributed by atoms with Gasteiger partial charge < -0.3 is 9.64 Å². The molecule has 2 aliphatic rings. The molecule has 0 N–H and O–H groups in total. The van der Waals surface area contributed by atoms with E-state index in [1.807, 2.05) is 0 Å². The molecule has 1 aromatic rings. The number of aromatic nitrogens is 3. The zero-order valence-corrected chi connectivity index (χ0v) is 11.9. The molecular formula is C13H19ClN4O. The van der Waals surface area contributed by atoms with Crippen LogP contribution in [-0.2, 0) is 0 Å². The number of fused-ring (bicyclic) bond motifs is 1. The molecule has 0 spiro atoms. The summed E-state index contributed by atoms with van der Waals surface area (Å²) in [6.45, 7) is 2.04. The van der Waals surface area contributed by atoms with Crippen LogP contribution in [0.25, 0.3) is 0 Å². The van der Waals surface area contributed by atoms with Gasteiger partial charge in [0.2, 0.25) is 11.2 Å². The average molecular weight is 283 g/mol. The van der Waals surface area contributed by atoms with Gasteiger partial charge in [0, 0.05) is 13.1 Å². The van der Waals surface area contributed by atoms with Gasteiger partial charge in [-0.25, -0.2) is 0 Å². The maximum absolute atomic E-state index is 5.92. The van der Waals surface area contributed by atoms with Gasteiger partial charge in [0.05, 0.1) is 7.11 Å². The summed E-state index contributed by atoms with van der Waals surface area (Å²) in [6.07, 6.45) is 6.70. The zero-order chi connectivity index (χ0) is 13.2. The highest BCUT2D eigenvalue weighted by Crippen LogP contribution is 2.37. The molecule has 2 heterocycles. The summed E-state index contributed by atoms with van der Waals surface area (Å²) >= 11 is 5.92. The van der Waals surface area contributed by atoms with Crippen molar-refractivity contribution in [1.29, 1.82) is 0 Å².